The summed E-state index contributed by atoms with van der Waals surface area (Å²) >= 11 is 3.53. The molecule has 1 unspecified atom stereocenters. The summed E-state index contributed by atoms with van der Waals surface area (Å²) in [6, 6.07) is 6.15. The zero-order chi connectivity index (χ0) is 17.9. The molecular formula is C20H21BrN2O3. The number of piperazine rings is 1. The van der Waals surface area contributed by atoms with Crippen molar-refractivity contribution in [3.05, 3.63) is 58.2 Å². The summed E-state index contributed by atoms with van der Waals surface area (Å²) in [7, 11) is 0. The second-order valence-corrected chi connectivity index (χ2v) is 7.51. The third-order valence-corrected chi connectivity index (χ3v) is 5.72. The van der Waals surface area contributed by atoms with Crippen LogP contribution in [-0.4, -0.2) is 49.1 Å². The van der Waals surface area contributed by atoms with Crippen molar-refractivity contribution < 1.29 is 14.3 Å². The number of halogens is 1. The lowest BCUT2D eigenvalue weighted by Crippen LogP contribution is -2.46. The van der Waals surface area contributed by atoms with Crippen molar-refractivity contribution in [2.24, 2.45) is 5.92 Å². The summed E-state index contributed by atoms with van der Waals surface area (Å²) < 4.78 is 11.8. The molecule has 2 heterocycles. The molecule has 3 aliphatic rings. The lowest BCUT2D eigenvalue weighted by molar-refractivity contribution is -0.109. The molecule has 6 heteroatoms. The summed E-state index contributed by atoms with van der Waals surface area (Å²) in [6.07, 6.45) is 8.97. The Bertz CT molecular complexity index is 779. The standard InChI is InChI=1S/C20H21BrN2O3/c21-17-3-1-2-4-18(16(17)13-24)23-9-7-22(8-10-23)12-15-5-6-19-20(11-15)26-14-25-19/h1-6,11,13,16H,7-10,12,14H2. The Hall–Kier alpha value is -2.05. The molecule has 0 spiro atoms. The highest BCUT2D eigenvalue weighted by Crippen LogP contribution is 2.33. The Balaban J connectivity index is 1.38. The normalized spacial score (nSPS) is 22.7. The van der Waals surface area contributed by atoms with Gasteiger partial charge in [-0.1, -0.05) is 40.2 Å². The van der Waals surface area contributed by atoms with E-state index in [1.54, 1.807) is 0 Å². The first-order valence-electron chi connectivity index (χ1n) is 8.79. The van der Waals surface area contributed by atoms with Gasteiger partial charge >= 0.3 is 0 Å². The molecule has 5 nitrogen and oxygen atoms in total. The van der Waals surface area contributed by atoms with E-state index in [0.717, 1.165) is 60.7 Å². The van der Waals surface area contributed by atoms with Crippen molar-refractivity contribution >= 4 is 22.2 Å². The highest BCUT2D eigenvalue weighted by atomic mass is 79.9. The number of nitrogens with zero attached hydrogens (tertiary/aromatic N) is 2. The van der Waals surface area contributed by atoms with Crippen LogP contribution in [-0.2, 0) is 11.3 Å². The Morgan fingerprint density at radius 3 is 2.65 bits per heavy atom. The van der Waals surface area contributed by atoms with Gasteiger partial charge in [0.05, 0.1) is 5.92 Å². The molecule has 1 aromatic carbocycles. The van der Waals surface area contributed by atoms with E-state index in [0.29, 0.717) is 6.79 Å². The van der Waals surface area contributed by atoms with Crippen molar-refractivity contribution in [2.45, 2.75) is 6.54 Å². The Morgan fingerprint density at radius 1 is 1.08 bits per heavy atom. The Kier molecular flexibility index (Phi) is 5.13. The summed E-state index contributed by atoms with van der Waals surface area (Å²) in [5.74, 6) is 1.44. The number of hydrogen-bond donors (Lipinski definition) is 0. The molecule has 1 fully saturated rings. The van der Waals surface area contributed by atoms with Gasteiger partial charge in [0.25, 0.3) is 0 Å². The third-order valence-electron chi connectivity index (χ3n) is 4.97. The molecule has 0 radical (unpaired) electrons. The van der Waals surface area contributed by atoms with Gasteiger partial charge in [0.2, 0.25) is 6.79 Å². The highest BCUT2D eigenvalue weighted by molar-refractivity contribution is 9.11. The van der Waals surface area contributed by atoms with Crippen LogP contribution >= 0.6 is 15.9 Å². The van der Waals surface area contributed by atoms with Gasteiger partial charge in [0.1, 0.15) is 6.29 Å². The first kappa shape index (κ1) is 17.4. The number of carbonyl (C=O) groups is 1. The number of hydrogen-bond acceptors (Lipinski definition) is 5. The van der Waals surface area contributed by atoms with Gasteiger partial charge in [-0.3, -0.25) is 4.90 Å². The average molecular weight is 417 g/mol. The first-order valence-corrected chi connectivity index (χ1v) is 9.59. The molecule has 0 bridgehead atoms. The number of benzene rings is 1. The van der Waals surface area contributed by atoms with Crippen LogP contribution in [0.1, 0.15) is 5.56 Å². The fourth-order valence-electron chi connectivity index (χ4n) is 3.55. The molecule has 4 rings (SSSR count). The zero-order valence-electron chi connectivity index (χ0n) is 14.4. The van der Waals surface area contributed by atoms with E-state index >= 15 is 0 Å². The van der Waals surface area contributed by atoms with Crippen LogP contribution in [0.25, 0.3) is 0 Å². The molecule has 0 saturated carbocycles. The highest BCUT2D eigenvalue weighted by Gasteiger charge is 2.26. The average Bonchev–Trinajstić information content (AvgIpc) is 3.04. The zero-order valence-corrected chi connectivity index (χ0v) is 16.0. The Morgan fingerprint density at radius 2 is 1.85 bits per heavy atom. The lowest BCUT2D eigenvalue weighted by atomic mass is 10.0. The third kappa shape index (κ3) is 3.57. The van der Waals surface area contributed by atoms with Crippen LogP contribution in [0.15, 0.2) is 52.7 Å². The van der Waals surface area contributed by atoms with E-state index < -0.39 is 0 Å². The fourth-order valence-corrected chi connectivity index (χ4v) is 4.04. The van der Waals surface area contributed by atoms with Crippen LogP contribution in [0.3, 0.4) is 0 Å². The Labute approximate surface area is 161 Å². The van der Waals surface area contributed by atoms with Crippen molar-refractivity contribution in [1.82, 2.24) is 9.80 Å². The molecule has 1 aliphatic carbocycles. The van der Waals surface area contributed by atoms with Crippen molar-refractivity contribution in [3.8, 4) is 11.5 Å². The van der Waals surface area contributed by atoms with Gasteiger partial charge in [-0.05, 0) is 23.8 Å². The van der Waals surface area contributed by atoms with Gasteiger partial charge in [0.15, 0.2) is 11.5 Å². The fraction of sp³-hybridized carbons (Fsp3) is 0.350. The molecule has 0 amide bonds. The lowest BCUT2D eigenvalue weighted by Gasteiger charge is -2.38. The number of carbonyl (C=O) groups excluding carboxylic acids is 1. The largest absolute Gasteiger partial charge is 0.454 e. The van der Waals surface area contributed by atoms with Crippen molar-refractivity contribution in [3.63, 3.8) is 0 Å². The molecule has 136 valence electrons. The van der Waals surface area contributed by atoms with Gasteiger partial charge in [-0.2, -0.15) is 0 Å². The molecule has 0 N–H and O–H groups in total. The van der Waals surface area contributed by atoms with Crippen LogP contribution in [0.2, 0.25) is 0 Å². The van der Waals surface area contributed by atoms with Crippen LogP contribution < -0.4 is 9.47 Å². The monoisotopic (exact) mass is 416 g/mol. The van der Waals surface area contributed by atoms with Gasteiger partial charge in [-0.15, -0.1) is 0 Å². The van der Waals surface area contributed by atoms with E-state index in [4.69, 9.17) is 9.47 Å². The number of allylic oxidation sites excluding steroid dienone is 5. The quantitative estimate of drug-likeness (QED) is 0.705. The summed E-state index contributed by atoms with van der Waals surface area (Å²) in [5, 5.41) is 0. The van der Waals surface area contributed by atoms with Crippen LogP contribution in [0.4, 0.5) is 0 Å². The van der Waals surface area contributed by atoms with Crippen LogP contribution in [0, 0.1) is 5.92 Å². The predicted molar refractivity (Wildman–Crippen MR) is 103 cm³/mol. The minimum atomic E-state index is -0.217. The van der Waals surface area contributed by atoms with E-state index in [-0.39, 0.29) is 5.92 Å². The maximum absolute atomic E-state index is 11.6. The maximum Gasteiger partial charge on any atom is 0.231 e. The second-order valence-electron chi connectivity index (χ2n) is 6.59. The topological polar surface area (TPSA) is 42.0 Å². The van der Waals surface area contributed by atoms with Gasteiger partial charge in [-0.25, -0.2) is 0 Å². The van der Waals surface area contributed by atoms with Crippen molar-refractivity contribution in [1.29, 1.82) is 0 Å². The summed E-state index contributed by atoms with van der Waals surface area (Å²) in [4.78, 5) is 16.3. The van der Waals surface area contributed by atoms with Gasteiger partial charge in [0, 0.05) is 42.9 Å². The van der Waals surface area contributed by atoms with E-state index in [9.17, 15) is 4.79 Å². The summed E-state index contributed by atoms with van der Waals surface area (Å²) in [5.41, 5.74) is 2.30. The van der Waals surface area contributed by atoms with E-state index in [2.05, 4.69) is 43.9 Å². The molecule has 0 aromatic heterocycles. The number of ether oxygens (including phenoxy) is 2. The minimum Gasteiger partial charge on any atom is -0.454 e. The smallest absolute Gasteiger partial charge is 0.231 e. The molecule has 1 aromatic rings. The number of fused-ring (bicyclic) bond motifs is 1. The molecule has 1 atom stereocenters. The first-order chi connectivity index (χ1) is 12.7. The summed E-state index contributed by atoms with van der Waals surface area (Å²) in [6.45, 7) is 4.95. The molecule has 2 aliphatic heterocycles. The molecule has 26 heavy (non-hydrogen) atoms. The van der Waals surface area contributed by atoms with Crippen LogP contribution in [0.5, 0.6) is 11.5 Å². The second kappa shape index (κ2) is 7.68. The molecule has 1 saturated heterocycles. The van der Waals surface area contributed by atoms with Crippen molar-refractivity contribution in [2.75, 3.05) is 33.0 Å². The minimum absolute atomic E-state index is 0.217. The number of rotatable bonds is 4. The van der Waals surface area contributed by atoms with Gasteiger partial charge < -0.3 is 19.2 Å². The van der Waals surface area contributed by atoms with E-state index in [1.165, 1.54) is 5.56 Å². The SMILES string of the molecule is O=CC1C(Br)=CC=CC=C1N1CCN(Cc2ccc3c(c2)OCO3)CC1. The maximum atomic E-state index is 11.6. The van der Waals surface area contributed by atoms with E-state index in [1.807, 2.05) is 24.3 Å². The molecular weight excluding hydrogens is 396 g/mol. The number of aldehydes is 1. The predicted octanol–water partition coefficient (Wildman–Crippen LogP) is 3.08.